The molecule has 0 heterocycles. The zero-order chi connectivity index (χ0) is 11.9. The van der Waals surface area contributed by atoms with E-state index in [-0.39, 0.29) is 11.5 Å². The van der Waals surface area contributed by atoms with E-state index in [1.54, 1.807) is 0 Å². The molecule has 2 nitrogen and oxygen atoms in total. The van der Waals surface area contributed by atoms with Crippen LogP contribution < -0.4 is 5.32 Å². The maximum atomic E-state index is 5.83. The van der Waals surface area contributed by atoms with Crippen LogP contribution in [0.2, 0.25) is 0 Å². The molecule has 2 heteroatoms. The molecule has 0 aliphatic heterocycles. The van der Waals surface area contributed by atoms with Gasteiger partial charge in [-0.05, 0) is 25.8 Å². The number of terminal acetylenes is 1. The van der Waals surface area contributed by atoms with Gasteiger partial charge in [-0.1, -0.05) is 20.8 Å². The minimum Gasteiger partial charge on any atom is -0.376 e. The van der Waals surface area contributed by atoms with Gasteiger partial charge in [-0.25, -0.2) is 0 Å². The highest BCUT2D eigenvalue weighted by atomic mass is 16.5. The van der Waals surface area contributed by atoms with Gasteiger partial charge in [0.2, 0.25) is 0 Å². The summed E-state index contributed by atoms with van der Waals surface area (Å²) < 4.78 is 5.83. The first kappa shape index (κ1) is 14.5. The Kier molecular flexibility index (Phi) is 6.63. The fourth-order valence-electron chi connectivity index (χ4n) is 1.84. The highest BCUT2D eigenvalue weighted by Gasteiger charge is 2.31. The Hall–Kier alpha value is -0.520. The number of hydrogen-bond donors (Lipinski definition) is 1. The van der Waals surface area contributed by atoms with Gasteiger partial charge >= 0.3 is 0 Å². The van der Waals surface area contributed by atoms with E-state index in [2.05, 4.69) is 32.0 Å². The molecule has 0 saturated heterocycles. The van der Waals surface area contributed by atoms with Crippen molar-refractivity contribution >= 4 is 0 Å². The van der Waals surface area contributed by atoms with Gasteiger partial charge in [-0.2, -0.15) is 0 Å². The van der Waals surface area contributed by atoms with Crippen molar-refractivity contribution < 1.29 is 4.74 Å². The SMILES string of the molecule is C#CCCC(NC)C(OCC)C(C)(C)C. The summed E-state index contributed by atoms with van der Waals surface area (Å²) in [5.41, 5.74) is 0.137. The molecule has 0 spiro atoms. The van der Waals surface area contributed by atoms with Gasteiger partial charge in [-0.15, -0.1) is 12.3 Å². The van der Waals surface area contributed by atoms with Crippen LogP contribution in [0, 0.1) is 17.8 Å². The minimum atomic E-state index is 0.137. The molecule has 0 fully saturated rings. The van der Waals surface area contributed by atoms with Gasteiger partial charge in [0, 0.05) is 19.1 Å². The fourth-order valence-corrected chi connectivity index (χ4v) is 1.84. The molecule has 0 aliphatic carbocycles. The van der Waals surface area contributed by atoms with Gasteiger partial charge < -0.3 is 10.1 Å². The van der Waals surface area contributed by atoms with Crippen molar-refractivity contribution in [3.63, 3.8) is 0 Å². The average Bonchev–Trinajstić information content (AvgIpc) is 2.15. The van der Waals surface area contributed by atoms with E-state index in [9.17, 15) is 0 Å². The maximum Gasteiger partial charge on any atom is 0.0776 e. The monoisotopic (exact) mass is 211 g/mol. The fraction of sp³-hybridized carbons (Fsp3) is 0.846. The lowest BCUT2D eigenvalue weighted by Crippen LogP contribution is -2.46. The Labute approximate surface area is 94.8 Å². The summed E-state index contributed by atoms with van der Waals surface area (Å²) in [5, 5.41) is 3.31. The quantitative estimate of drug-likeness (QED) is 0.681. The van der Waals surface area contributed by atoms with Gasteiger partial charge in [0.05, 0.1) is 6.10 Å². The van der Waals surface area contributed by atoms with Gasteiger partial charge in [0.25, 0.3) is 0 Å². The summed E-state index contributed by atoms with van der Waals surface area (Å²) in [5.74, 6) is 2.69. The Morgan fingerprint density at radius 3 is 2.33 bits per heavy atom. The third kappa shape index (κ3) is 5.20. The lowest BCUT2D eigenvalue weighted by atomic mass is 9.83. The van der Waals surface area contributed by atoms with Crippen molar-refractivity contribution in [2.75, 3.05) is 13.7 Å². The molecule has 0 rings (SSSR count). The minimum absolute atomic E-state index is 0.137. The van der Waals surface area contributed by atoms with E-state index in [4.69, 9.17) is 11.2 Å². The summed E-state index contributed by atoms with van der Waals surface area (Å²) >= 11 is 0. The molecule has 1 N–H and O–H groups in total. The molecular formula is C13H25NO. The number of likely N-dealkylation sites (N-methyl/N-ethyl adjacent to an activating group) is 1. The van der Waals surface area contributed by atoms with Crippen molar-refractivity contribution in [3.8, 4) is 12.3 Å². The number of nitrogens with one attached hydrogen (secondary N) is 1. The predicted molar refractivity (Wildman–Crippen MR) is 65.8 cm³/mol. The molecule has 0 aliphatic rings. The van der Waals surface area contributed by atoms with Gasteiger partial charge in [0.15, 0.2) is 0 Å². The molecule has 15 heavy (non-hydrogen) atoms. The highest BCUT2D eigenvalue weighted by molar-refractivity contribution is 4.91. The lowest BCUT2D eigenvalue weighted by molar-refractivity contribution is -0.0355. The van der Waals surface area contributed by atoms with E-state index in [1.807, 2.05) is 14.0 Å². The first-order chi connectivity index (χ1) is 6.97. The Morgan fingerprint density at radius 2 is 2.00 bits per heavy atom. The molecule has 0 saturated carbocycles. The van der Waals surface area contributed by atoms with Crippen LogP contribution in [0.25, 0.3) is 0 Å². The molecule has 0 aromatic rings. The van der Waals surface area contributed by atoms with Crippen molar-refractivity contribution in [1.29, 1.82) is 0 Å². The second kappa shape index (κ2) is 6.87. The molecule has 0 aromatic carbocycles. The summed E-state index contributed by atoms with van der Waals surface area (Å²) in [4.78, 5) is 0. The molecule has 0 radical (unpaired) electrons. The summed E-state index contributed by atoms with van der Waals surface area (Å²) in [7, 11) is 1.97. The first-order valence-corrected chi connectivity index (χ1v) is 5.69. The first-order valence-electron chi connectivity index (χ1n) is 5.69. The zero-order valence-corrected chi connectivity index (χ0v) is 10.8. The van der Waals surface area contributed by atoms with E-state index >= 15 is 0 Å². The highest BCUT2D eigenvalue weighted by Crippen LogP contribution is 2.26. The lowest BCUT2D eigenvalue weighted by Gasteiger charge is -2.36. The van der Waals surface area contributed by atoms with Crippen LogP contribution in [-0.2, 0) is 4.74 Å². The smallest absolute Gasteiger partial charge is 0.0776 e. The second-order valence-corrected chi connectivity index (χ2v) is 4.88. The third-order valence-electron chi connectivity index (χ3n) is 2.54. The third-order valence-corrected chi connectivity index (χ3v) is 2.54. The molecular weight excluding hydrogens is 186 g/mol. The summed E-state index contributed by atoms with van der Waals surface area (Å²) in [6.45, 7) is 9.39. The van der Waals surface area contributed by atoms with Crippen LogP contribution in [0.4, 0.5) is 0 Å². The largest absolute Gasteiger partial charge is 0.376 e. The van der Waals surface area contributed by atoms with E-state index in [0.29, 0.717) is 6.04 Å². The van der Waals surface area contributed by atoms with Crippen LogP contribution in [0.3, 0.4) is 0 Å². The van der Waals surface area contributed by atoms with Crippen LogP contribution in [0.5, 0.6) is 0 Å². The summed E-state index contributed by atoms with van der Waals surface area (Å²) in [6, 6.07) is 0.334. The second-order valence-electron chi connectivity index (χ2n) is 4.88. The summed E-state index contributed by atoms with van der Waals surface area (Å²) in [6.07, 6.45) is 7.27. The van der Waals surface area contributed by atoms with Crippen molar-refractivity contribution in [2.45, 2.75) is 52.7 Å². The van der Waals surface area contributed by atoms with Crippen LogP contribution in [0.15, 0.2) is 0 Å². The van der Waals surface area contributed by atoms with Crippen molar-refractivity contribution in [1.82, 2.24) is 5.32 Å². The molecule has 0 aromatic heterocycles. The maximum absolute atomic E-state index is 5.83. The topological polar surface area (TPSA) is 21.3 Å². The standard InChI is InChI=1S/C13H25NO/c1-7-9-10-11(14-6)12(15-8-2)13(3,4)5/h1,11-12,14H,8-10H2,2-6H3. The van der Waals surface area contributed by atoms with Crippen LogP contribution in [-0.4, -0.2) is 25.8 Å². The molecule has 2 unspecified atom stereocenters. The van der Waals surface area contributed by atoms with E-state index in [0.717, 1.165) is 19.4 Å². The Balaban J connectivity index is 4.49. The normalized spacial score (nSPS) is 15.7. The van der Waals surface area contributed by atoms with Crippen molar-refractivity contribution in [2.24, 2.45) is 5.41 Å². The van der Waals surface area contributed by atoms with Crippen molar-refractivity contribution in [3.05, 3.63) is 0 Å². The van der Waals surface area contributed by atoms with E-state index in [1.165, 1.54) is 0 Å². The molecule has 0 amide bonds. The van der Waals surface area contributed by atoms with E-state index < -0.39 is 0 Å². The van der Waals surface area contributed by atoms with Gasteiger partial charge in [-0.3, -0.25) is 0 Å². The Bertz CT molecular complexity index is 200. The van der Waals surface area contributed by atoms with Crippen LogP contribution in [0.1, 0.15) is 40.5 Å². The number of ether oxygens (including phenoxy) is 1. The predicted octanol–water partition coefficient (Wildman–Crippen LogP) is 2.44. The zero-order valence-electron chi connectivity index (χ0n) is 10.8. The van der Waals surface area contributed by atoms with Gasteiger partial charge in [0.1, 0.15) is 0 Å². The Morgan fingerprint density at radius 1 is 1.40 bits per heavy atom. The molecule has 88 valence electrons. The molecule has 0 bridgehead atoms. The van der Waals surface area contributed by atoms with Crippen LogP contribution >= 0.6 is 0 Å². The average molecular weight is 211 g/mol. The number of rotatable bonds is 6. The number of hydrogen-bond acceptors (Lipinski definition) is 2. The molecule has 2 atom stereocenters.